The maximum Gasteiger partial charge on any atom is 0.323 e. The van der Waals surface area contributed by atoms with E-state index in [-0.39, 0.29) is 12.1 Å². The normalized spacial score (nSPS) is 11.7. The number of aromatic nitrogens is 2. The summed E-state index contributed by atoms with van der Waals surface area (Å²) < 4.78 is 0. The van der Waals surface area contributed by atoms with Crippen LogP contribution in [0, 0.1) is 0 Å². The van der Waals surface area contributed by atoms with Crippen LogP contribution >= 0.6 is 0 Å². The third kappa shape index (κ3) is 3.76. The second-order valence-electron chi connectivity index (χ2n) is 4.34. The van der Waals surface area contributed by atoms with Crippen LogP contribution in [-0.2, 0) is 0 Å². The Morgan fingerprint density at radius 2 is 1.85 bits per heavy atom. The lowest BCUT2D eigenvalue weighted by atomic mass is 10.1. The van der Waals surface area contributed by atoms with E-state index in [0.717, 1.165) is 11.3 Å². The summed E-state index contributed by atoms with van der Waals surface area (Å²) in [6.45, 7) is 2.06. The van der Waals surface area contributed by atoms with E-state index in [9.17, 15) is 4.79 Å². The van der Waals surface area contributed by atoms with Gasteiger partial charge in [-0.05, 0) is 31.7 Å². The summed E-state index contributed by atoms with van der Waals surface area (Å²) in [7, 11) is 1.90. The average Bonchev–Trinajstić information content (AvgIpc) is 2.47. The Bertz CT molecular complexity index is 573. The van der Waals surface area contributed by atoms with Crippen LogP contribution in [0.25, 0.3) is 0 Å². The van der Waals surface area contributed by atoms with Gasteiger partial charge in [0.2, 0.25) is 0 Å². The zero-order chi connectivity index (χ0) is 14.4. The van der Waals surface area contributed by atoms with Crippen molar-refractivity contribution in [2.24, 2.45) is 0 Å². The number of benzene rings is 1. The summed E-state index contributed by atoms with van der Waals surface area (Å²) in [6.07, 6.45) is 4.48. The molecule has 1 aromatic carbocycles. The van der Waals surface area contributed by atoms with E-state index >= 15 is 0 Å². The first kappa shape index (κ1) is 14.0. The SMILES string of the molecule is CNC(C)c1cccc(NC(=O)Nc2cncnc2)c1. The predicted molar refractivity (Wildman–Crippen MR) is 78.6 cm³/mol. The summed E-state index contributed by atoms with van der Waals surface area (Å²) in [6, 6.07) is 7.59. The molecule has 0 radical (unpaired) electrons. The van der Waals surface area contributed by atoms with E-state index < -0.39 is 0 Å². The number of rotatable bonds is 4. The van der Waals surface area contributed by atoms with Crippen LogP contribution in [0.4, 0.5) is 16.2 Å². The molecule has 2 aromatic rings. The molecule has 0 fully saturated rings. The zero-order valence-corrected chi connectivity index (χ0v) is 11.4. The molecule has 104 valence electrons. The van der Waals surface area contributed by atoms with Gasteiger partial charge in [0.05, 0.1) is 18.1 Å². The third-order valence-corrected chi connectivity index (χ3v) is 2.90. The lowest BCUT2D eigenvalue weighted by molar-refractivity contribution is 0.262. The number of nitrogens with one attached hydrogen (secondary N) is 3. The van der Waals surface area contributed by atoms with Gasteiger partial charge in [0.1, 0.15) is 6.33 Å². The van der Waals surface area contributed by atoms with Crippen LogP contribution in [0.3, 0.4) is 0 Å². The van der Waals surface area contributed by atoms with Gasteiger partial charge in [0.25, 0.3) is 0 Å². The van der Waals surface area contributed by atoms with Crippen LogP contribution in [0.2, 0.25) is 0 Å². The molecule has 0 aliphatic rings. The molecule has 3 N–H and O–H groups in total. The molecule has 0 saturated heterocycles. The van der Waals surface area contributed by atoms with Gasteiger partial charge in [-0.3, -0.25) is 0 Å². The lowest BCUT2D eigenvalue weighted by Gasteiger charge is -2.13. The number of carbonyl (C=O) groups is 1. The van der Waals surface area contributed by atoms with Crippen LogP contribution in [0.15, 0.2) is 43.0 Å². The van der Waals surface area contributed by atoms with E-state index in [2.05, 4.69) is 32.8 Å². The minimum atomic E-state index is -0.325. The first-order valence-electron chi connectivity index (χ1n) is 6.29. The van der Waals surface area contributed by atoms with Gasteiger partial charge < -0.3 is 16.0 Å². The fraction of sp³-hybridized carbons (Fsp3) is 0.214. The summed E-state index contributed by atoms with van der Waals surface area (Å²) >= 11 is 0. The van der Waals surface area contributed by atoms with E-state index in [4.69, 9.17) is 0 Å². The van der Waals surface area contributed by atoms with Gasteiger partial charge in [-0.15, -0.1) is 0 Å². The summed E-state index contributed by atoms with van der Waals surface area (Å²) in [5.74, 6) is 0. The van der Waals surface area contributed by atoms with Crippen molar-refractivity contribution >= 4 is 17.4 Å². The summed E-state index contributed by atoms with van der Waals surface area (Å²) in [5, 5.41) is 8.60. The van der Waals surface area contributed by atoms with E-state index in [1.54, 1.807) is 0 Å². The number of urea groups is 1. The molecule has 1 aromatic heterocycles. The summed E-state index contributed by atoms with van der Waals surface area (Å²) in [4.78, 5) is 19.5. The molecule has 6 heteroatoms. The number of anilines is 2. The maximum absolute atomic E-state index is 11.8. The van der Waals surface area contributed by atoms with Gasteiger partial charge in [0.15, 0.2) is 0 Å². The maximum atomic E-state index is 11.8. The van der Waals surface area contributed by atoms with E-state index in [1.165, 1.54) is 18.7 Å². The average molecular weight is 271 g/mol. The highest BCUT2D eigenvalue weighted by atomic mass is 16.2. The number of nitrogens with zero attached hydrogens (tertiary/aromatic N) is 2. The van der Waals surface area contributed by atoms with Crippen molar-refractivity contribution in [3.8, 4) is 0 Å². The number of hydrogen-bond acceptors (Lipinski definition) is 4. The molecular formula is C14H17N5O. The standard InChI is InChI=1S/C14H17N5O/c1-10(15-2)11-4-3-5-12(6-11)18-14(20)19-13-7-16-9-17-8-13/h3-10,15H,1-2H3,(H2,18,19,20). The predicted octanol–water partition coefficient (Wildman–Crippen LogP) is 2.40. The first-order chi connectivity index (χ1) is 9.69. The molecule has 0 aliphatic carbocycles. The minimum Gasteiger partial charge on any atom is -0.313 e. The van der Waals surface area contributed by atoms with Crippen molar-refractivity contribution in [3.05, 3.63) is 48.5 Å². The Hall–Kier alpha value is -2.47. The van der Waals surface area contributed by atoms with Gasteiger partial charge >= 0.3 is 6.03 Å². The van der Waals surface area contributed by atoms with Crippen LogP contribution in [-0.4, -0.2) is 23.0 Å². The highest BCUT2D eigenvalue weighted by Gasteiger charge is 2.06. The molecule has 0 saturated carbocycles. The molecule has 0 spiro atoms. The largest absolute Gasteiger partial charge is 0.323 e. The van der Waals surface area contributed by atoms with E-state index in [1.807, 2.05) is 31.3 Å². The fourth-order valence-electron chi connectivity index (χ4n) is 1.71. The Balaban J connectivity index is 2.01. The number of amides is 2. The Morgan fingerprint density at radius 3 is 2.55 bits per heavy atom. The molecule has 1 atom stereocenters. The monoisotopic (exact) mass is 271 g/mol. The van der Waals surface area contributed by atoms with Crippen LogP contribution in [0.1, 0.15) is 18.5 Å². The lowest BCUT2D eigenvalue weighted by Crippen LogP contribution is -2.20. The quantitative estimate of drug-likeness (QED) is 0.797. The van der Waals surface area contributed by atoms with Gasteiger partial charge in [-0.25, -0.2) is 14.8 Å². The Kier molecular flexibility index (Phi) is 4.62. The Labute approximate surface area is 117 Å². The van der Waals surface area contributed by atoms with Crippen molar-refractivity contribution in [1.82, 2.24) is 15.3 Å². The fourth-order valence-corrected chi connectivity index (χ4v) is 1.71. The smallest absolute Gasteiger partial charge is 0.313 e. The van der Waals surface area contributed by atoms with Crippen molar-refractivity contribution in [2.75, 3.05) is 17.7 Å². The van der Waals surface area contributed by atoms with Crippen LogP contribution < -0.4 is 16.0 Å². The minimum absolute atomic E-state index is 0.224. The number of carbonyl (C=O) groups excluding carboxylic acids is 1. The topological polar surface area (TPSA) is 78.9 Å². The first-order valence-corrected chi connectivity index (χ1v) is 6.29. The number of hydrogen-bond donors (Lipinski definition) is 3. The third-order valence-electron chi connectivity index (χ3n) is 2.90. The van der Waals surface area contributed by atoms with Gasteiger partial charge in [0, 0.05) is 11.7 Å². The second-order valence-corrected chi connectivity index (χ2v) is 4.34. The van der Waals surface area contributed by atoms with Crippen molar-refractivity contribution in [1.29, 1.82) is 0 Å². The molecule has 2 amide bonds. The van der Waals surface area contributed by atoms with Crippen LogP contribution in [0.5, 0.6) is 0 Å². The van der Waals surface area contributed by atoms with Crippen molar-refractivity contribution in [2.45, 2.75) is 13.0 Å². The molecule has 0 bridgehead atoms. The highest BCUT2D eigenvalue weighted by Crippen LogP contribution is 2.17. The molecule has 20 heavy (non-hydrogen) atoms. The van der Waals surface area contributed by atoms with Crippen molar-refractivity contribution < 1.29 is 4.79 Å². The summed E-state index contributed by atoms with van der Waals surface area (Å²) in [5.41, 5.74) is 2.39. The molecule has 6 nitrogen and oxygen atoms in total. The molecule has 1 unspecified atom stereocenters. The molecule has 1 heterocycles. The zero-order valence-electron chi connectivity index (χ0n) is 11.4. The molecular weight excluding hydrogens is 254 g/mol. The molecule has 0 aliphatic heterocycles. The van der Waals surface area contributed by atoms with E-state index in [0.29, 0.717) is 5.69 Å². The highest BCUT2D eigenvalue weighted by molar-refractivity contribution is 5.99. The van der Waals surface area contributed by atoms with Crippen molar-refractivity contribution in [3.63, 3.8) is 0 Å². The molecule has 2 rings (SSSR count). The van der Waals surface area contributed by atoms with Gasteiger partial charge in [-0.2, -0.15) is 0 Å². The van der Waals surface area contributed by atoms with Gasteiger partial charge in [-0.1, -0.05) is 12.1 Å². The Morgan fingerprint density at radius 1 is 1.15 bits per heavy atom. The second kappa shape index (κ2) is 6.63.